The van der Waals surface area contributed by atoms with Crippen molar-refractivity contribution in [3.05, 3.63) is 57.8 Å². The number of rotatable bonds is 6. The normalized spacial score (nSPS) is 12.6. The standard InChI is InChI=1S/C16H20OS/c1-13-5-2-3-6-14(13)8-9-15(17)10-11-16-7-4-12-18-16/h2-7,12,15,17H,8-11H2,1H3. The van der Waals surface area contributed by atoms with Crippen LogP contribution in [0.15, 0.2) is 41.8 Å². The molecule has 2 aromatic rings. The number of aryl methyl sites for hydroxylation is 3. The van der Waals surface area contributed by atoms with Crippen LogP contribution in [0.2, 0.25) is 0 Å². The lowest BCUT2D eigenvalue weighted by Gasteiger charge is -2.11. The first-order valence-corrected chi connectivity index (χ1v) is 7.38. The minimum absolute atomic E-state index is 0.188. The summed E-state index contributed by atoms with van der Waals surface area (Å²) >= 11 is 1.77. The molecule has 0 aliphatic heterocycles. The molecule has 96 valence electrons. The average molecular weight is 260 g/mol. The van der Waals surface area contributed by atoms with Crippen LogP contribution in [0.1, 0.15) is 28.8 Å². The zero-order valence-corrected chi connectivity index (χ0v) is 11.6. The van der Waals surface area contributed by atoms with E-state index >= 15 is 0 Å². The van der Waals surface area contributed by atoms with E-state index in [0.29, 0.717) is 0 Å². The van der Waals surface area contributed by atoms with E-state index in [0.717, 1.165) is 25.7 Å². The highest BCUT2D eigenvalue weighted by molar-refractivity contribution is 7.09. The van der Waals surface area contributed by atoms with Gasteiger partial charge in [-0.25, -0.2) is 0 Å². The predicted octanol–water partition coefficient (Wildman–Crippen LogP) is 3.98. The molecule has 0 saturated heterocycles. The molecule has 1 aromatic carbocycles. The van der Waals surface area contributed by atoms with Gasteiger partial charge in [-0.1, -0.05) is 30.3 Å². The third-order valence-electron chi connectivity index (χ3n) is 3.31. The van der Waals surface area contributed by atoms with Crippen molar-refractivity contribution in [2.45, 2.75) is 38.7 Å². The minimum Gasteiger partial charge on any atom is -0.393 e. The highest BCUT2D eigenvalue weighted by atomic mass is 32.1. The van der Waals surface area contributed by atoms with Crippen LogP contribution >= 0.6 is 11.3 Å². The highest BCUT2D eigenvalue weighted by Gasteiger charge is 2.06. The van der Waals surface area contributed by atoms with Crippen molar-refractivity contribution in [1.82, 2.24) is 0 Å². The van der Waals surface area contributed by atoms with E-state index < -0.39 is 0 Å². The van der Waals surface area contributed by atoms with Crippen LogP contribution < -0.4 is 0 Å². The Morgan fingerprint density at radius 2 is 1.83 bits per heavy atom. The third-order valence-corrected chi connectivity index (χ3v) is 4.25. The van der Waals surface area contributed by atoms with E-state index in [9.17, 15) is 5.11 Å². The number of benzene rings is 1. The number of thiophene rings is 1. The van der Waals surface area contributed by atoms with Crippen LogP contribution in [0.25, 0.3) is 0 Å². The van der Waals surface area contributed by atoms with Gasteiger partial charge in [0.2, 0.25) is 0 Å². The quantitative estimate of drug-likeness (QED) is 0.833. The van der Waals surface area contributed by atoms with Crippen molar-refractivity contribution in [2.75, 3.05) is 0 Å². The van der Waals surface area contributed by atoms with Crippen molar-refractivity contribution in [3.63, 3.8) is 0 Å². The number of aliphatic hydroxyl groups excluding tert-OH is 1. The van der Waals surface area contributed by atoms with Crippen molar-refractivity contribution in [2.24, 2.45) is 0 Å². The second-order valence-corrected chi connectivity index (χ2v) is 5.77. The largest absolute Gasteiger partial charge is 0.393 e. The van der Waals surface area contributed by atoms with Crippen molar-refractivity contribution in [1.29, 1.82) is 0 Å². The summed E-state index contributed by atoms with van der Waals surface area (Å²) < 4.78 is 0. The Balaban J connectivity index is 1.75. The summed E-state index contributed by atoms with van der Waals surface area (Å²) in [5.41, 5.74) is 2.68. The molecule has 0 aliphatic carbocycles. The van der Waals surface area contributed by atoms with E-state index in [4.69, 9.17) is 0 Å². The van der Waals surface area contributed by atoms with Crippen molar-refractivity contribution < 1.29 is 5.11 Å². The molecule has 2 heteroatoms. The summed E-state index contributed by atoms with van der Waals surface area (Å²) in [5.74, 6) is 0. The van der Waals surface area contributed by atoms with Gasteiger partial charge in [-0.3, -0.25) is 0 Å². The smallest absolute Gasteiger partial charge is 0.0546 e. The summed E-state index contributed by atoms with van der Waals surface area (Å²) in [6, 6.07) is 12.6. The fourth-order valence-corrected chi connectivity index (χ4v) is 2.85. The van der Waals surface area contributed by atoms with Gasteiger partial charge in [-0.15, -0.1) is 11.3 Å². The maximum Gasteiger partial charge on any atom is 0.0546 e. The lowest BCUT2D eigenvalue weighted by atomic mass is 10.0. The molecule has 0 aliphatic rings. The molecule has 0 bridgehead atoms. The SMILES string of the molecule is Cc1ccccc1CCC(O)CCc1cccs1. The number of hydrogen-bond acceptors (Lipinski definition) is 2. The predicted molar refractivity (Wildman–Crippen MR) is 78.1 cm³/mol. The fourth-order valence-electron chi connectivity index (χ4n) is 2.12. The second kappa shape index (κ2) is 6.72. The molecule has 1 unspecified atom stereocenters. The van der Waals surface area contributed by atoms with Crippen LogP contribution in [0.3, 0.4) is 0 Å². The Hall–Kier alpha value is -1.12. The van der Waals surface area contributed by atoms with Crippen LogP contribution in [0, 0.1) is 6.92 Å². The molecule has 0 spiro atoms. The fraction of sp³-hybridized carbons (Fsp3) is 0.375. The van der Waals surface area contributed by atoms with E-state index in [1.165, 1.54) is 16.0 Å². The highest BCUT2D eigenvalue weighted by Crippen LogP contribution is 2.15. The number of hydrogen-bond donors (Lipinski definition) is 1. The Kier molecular flexibility index (Phi) is 4.97. The van der Waals surface area contributed by atoms with Gasteiger partial charge in [0, 0.05) is 4.88 Å². The van der Waals surface area contributed by atoms with Crippen LogP contribution in [-0.2, 0) is 12.8 Å². The van der Waals surface area contributed by atoms with Gasteiger partial charge in [-0.05, 0) is 55.2 Å². The van der Waals surface area contributed by atoms with E-state index in [1.54, 1.807) is 11.3 Å². The topological polar surface area (TPSA) is 20.2 Å². The lowest BCUT2D eigenvalue weighted by molar-refractivity contribution is 0.155. The molecule has 1 heterocycles. The molecule has 0 amide bonds. The Bertz CT molecular complexity index is 462. The zero-order chi connectivity index (χ0) is 12.8. The Labute approximate surface area is 113 Å². The molecule has 1 aromatic heterocycles. The Morgan fingerprint density at radius 1 is 1.06 bits per heavy atom. The Morgan fingerprint density at radius 3 is 2.56 bits per heavy atom. The molecule has 0 saturated carbocycles. The molecule has 18 heavy (non-hydrogen) atoms. The molecule has 1 nitrogen and oxygen atoms in total. The molecule has 0 radical (unpaired) electrons. The van der Waals surface area contributed by atoms with E-state index in [2.05, 4.69) is 48.7 Å². The van der Waals surface area contributed by atoms with Crippen LogP contribution in [0.4, 0.5) is 0 Å². The molecule has 2 rings (SSSR count). The van der Waals surface area contributed by atoms with Crippen molar-refractivity contribution in [3.8, 4) is 0 Å². The van der Waals surface area contributed by atoms with Gasteiger partial charge in [-0.2, -0.15) is 0 Å². The molecule has 1 N–H and O–H groups in total. The van der Waals surface area contributed by atoms with Crippen molar-refractivity contribution >= 4 is 11.3 Å². The summed E-state index contributed by atoms with van der Waals surface area (Å²) in [4.78, 5) is 1.37. The van der Waals surface area contributed by atoms with E-state index in [-0.39, 0.29) is 6.10 Å². The molecular formula is C16H20OS. The summed E-state index contributed by atoms with van der Waals surface area (Å²) in [5, 5.41) is 12.1. The van der Waals surface area contributed by atoms with Gasteiger partial charge in [0.1, 0.15) is 0 Å². The number of aliphatic hydroxyl groups is 1. The van der Waals surface area contributed by atoms with E-state index in [1.807, 2.05) is 0 Å². The third kappa shape index (κ3) is 3.97. The van der Waals surface area contributed by atoms with Gasteiger partial charge in [0.05, 0.1) is 6.10 Å². The summed E-state index contributed by atoms with van der Waals surface area (Å²) in [7, 11) is 0. The molecular weight excluding hydrogens is 240 g/mol. The second-order valence-electron chi connectivity index (χ2n) is 4.74. The minimum atomic E-state index is -0.188. The van der Waals surface area contributed by atoms with Crippen LogP contribution in [0.5, 0.6) is 0 Å². The van der Waals surface area contributed by atoms with Gasteiger partial charge < -0.3 is 5.11 Å². The molecule has 1 atom stereocenters. The average Bonchev–Trinajstić information content (AvgIpc) is 2.88. The van der Waals surface area contributed by atoms with Gasteiger partial charge in [0.15, 0.2) is 0 Å². The van der Waals surface area contributed by atoms with Gasteiger partial charge >= 0.3 is 0 Å². The summed E-state index contributed by atoms with van der Waals surface area (Å²) in [6.07, 6.45) is 3.50. The lowest BCUT2D eigenvalue weighted by Crippen LogP contribution is -2.09. The monoisotopic (exact) mass is 260 g/mol. The maximum absolute atomic E-state index is 10.0. The first-order valence-electron chi connectivity index (χ1n) is 6.50. The summed E-state index contributed by atoms with van der Waals surface area (Å²) in [6.45, 7) is 2.13. The molecule has 0 fully saturated rings. The zero-order valence-electron chi connectivity index (χ0n) is 10.8. The first kappa shape index (κ1) is 13.3. The first-order chi connectivity index (χ1) is 8.75. The maximum atomic E-state index is 10.0. The van der Waals surface area contributed by atoms with Gasteiger partial charge in [0.25, 0.3) is 0 Å². The van der Waals surface area contributed by atoms with Crippen LogP contribution in [-0.4, -0.2) is 11.2 Å².